The molecule has 4 rings (SSSR count). The maximum Gasteiger partial charge on any atom is 0.335 e. The lowest BCUT2D eigenvalue weighted by molar-refractivity contribution is -0.385. The summed E-state index contributed by atoms with van der Waals surface area (Å²) in [6.45, 7) is -0.106. The predicted octanol–water partition coefficient (Wildman–Crippen LogP) is 2.64. The summed E-state index contributed by atoms with van der Waals surface area (Å²) >= 11 is 5.82. The molecule has 1 fully saturated rings. The Morgan fingerprint density at radius 1 is 1.10 bits per heavy atom. The Labute approximate surface area is 167 Å². The second-order valence-corrected chi connectivity index (χ2v) is 6.39. The van der Waals surface area contributed by atoms with E-state index in [0.29, 0.717) is 5.02 Å². The minimum Gasteiger partial charge on any atom is -0.454 e. The molecule has 1 N–H and O–H groups in total. The van der Waals surface area contributed by atoms with Gasteiger partial charge in [-0.2, -0.15) is 0 Å². The molecule has 10 nitrogen and oxygen atoms in total. The van der Waals surface area contributed by atoms with Crippen LogP contribution in [0.4, 0.5) is 16.2 Å². The highest BCUT2D eigenvalue weighted by atomic mass is 35.5. The first-order chi connectivity index (χ1) is 13.8. The summed E-state index contributed by atoms with van der Waals surface area (Å²) in [5.74, 6) is -1.50. The molecular weight excluding hydrogens is 406 g/mol. The van der Waals surface area contributed by atoms with Crippen LogP contribution < -0.4 is 19.7 Å². The van der Waals surface area contributed by atoms with Crippen LogP contribution in [0.3, 0.4) is 0 Å². The van der Waals surface area contributed by atoms with Crippen molar-refractivity contribution < 1.29 is 28.8 Å². The van der Waals surface area contributed by atoms with E-state index in [1.54, 1.807) is 0 Å². The Kier molecular flexibility index (Phi) is 4.40. The third-order valence-electron chi connectivity index (χ3n) is 4.20. The summed E-state index contributed by atoms with van der Waals surface area (Å²) in [5.41, 5.74) is -0.725. The van der Waals surface area contributed by atoms with E-state index in [0.717, 1.165) is 17.0 Å². The number of nitrogens with one attached hydrogen (secondary N) is 1. The molecule has 0 spiro atoms. The van der Waals surface area contributed by atoms with Crippen LogP contribution in [0.1, 0.15) is 5.56 Å². The number of barbiturate groups is 1. The predicted molar refractivity (Wildman–Crippen MR) is 99.7 cm³/mol. The van der Waals surface area contributed by atoms with Crippen LogP contribution in [0.2, 0.25) is 5.02 Å². The molecule has 2 aromatic carbocycles. The smallest absolute Gasteiger partial charge is 0.335 e. The topological polar surface area (TPSA) is 128 Å². The molecule has 0 saturated carbocycles. The Morgan fingerprint density at radius 2 is 1.76 bits per heavy atom. The normalized spacial score (nSPS) is 16.9. The van der Waals surface area contributed by atoms with Gasteiger partial charge in [0.25, 0.3) is 17.5 Å². The van der Waals surface area contributed by atoms with Gasteiger partial charge in [-0.3, -0.25) is 25.0 Å². The number of imide groups is 2. The highest BCUT2D eigenvalue weighted by Gasteiger charge is 2.37. The average Bonchev–Trinajstić information content (AvgIpc) is 3.13. The lowest BCUT2D eigenvalue weighted by Crippen LogP contribution is -2.54. The quantitative estimate of drug-likeness (QED) is 0.353. The van der Waals surface area contributed by atoms with Crippen LogP contribution in [0.5, 0.6) is 11.5 Å². The van der Waals surface area contributed by atoms with Gasteiger partial charge in [0.1, 0.15) is 5.57 Å². The van der Waals surface area contributed by atoms with E-state index in [2.05, 4.69) is 0 Å². The number of ether oxygens (including phenoxy) is 2. The first kappa shape index (κ1) is 18.4. The second-order valence-electron chi connectivity index (χ2n) is 5.96. The zero-order chi connectivity index (χ0) is 20.7. The second kappa shape index (κ2) is 6.91. The van der Waals surface area contributed by atoms with E-state index in [1.165, 1.54) is 30.3 Å². The van der Waals surface area contributed by atoms with E-state index in [9.17, 15) is 24.5 Å². The highest BCUT2D eigenvalue weighted by molar-refractivity contribution is 6.39. The van der Waals surface area contributed by atoms with Crippen molar-refractivity contribution in [2.45, 2.75) is 0 Å². The molecule has 0 aromatic heterocycles. The fourth-order valence-corrected chi connectivity index (χ4v) is 2.98. The summed E-state index contributed by atoms with van der Waals surface area (Å²) in [5, 5.41) is 13.8. The number of hydrogen-bond donors (Lipinski definition) is 1. The van der Waals surface area contributed by atoms with Crippen molar-refractivity contribution in [1.29, 1.82) is 0 Å². The minimum absolute atomic E-state index is 0.0526. The SMILES string of the molecule is O=C1NC(=O)N(c2ccc(Cl)cc2)C(=O)/C1=C\c1cc2c(cc1[N+](=O)[O-])OCO2. The zero-order valence-electron chi connectivity index (χ0n) is 14.4. The van der Waals surface area contributed by atoms with Gasteiger partial charge in [0.2, 0.25) is 6.79 Å². The lowest BCUT2D eigenvalue weighted by atomic mass is 10.0. The molecular formula is C18H10ClN3O7. The van der Waals surface area contributed by atoms with Crippen LogP contribution in [-0.4, -0.2) is 29.6 Å². The Hall–Kier alpha value is -3.92. The standard InChI is InChI=1S/C18H10ClN3O7/c19-10-1-3-11(4-2-10)21-17(24)12(16(23)20-18(21)25)5-9-6-14-15(29-8-28-14)7-13(9)22(26)27/h1-7H,8H2,(H,20,23,25)/b12-5-. The Balaban J connectivity index is 1.79. The number of urea groups is 1. The van der Waals surface area contributed by atoms with Crippen molar-refractivity contribution in [2.24, 2.45) is 0 Å². The molecule has 2 aliphatic rings. The monoisotopic (exact) mass is 415 g/mol. The van der Waals surface area contributed by atoms with Gasteiger partial charge in [-0.25, -0.2) is 9.69 Å². The van der Waals surface area contributed by atoms with E-state index < -0.39 is 34.0 Å². The number of rotatable bonds is 3. The van der Waals surface area contributed by atoms with Crippen LogP contribution >= 0.6 is 11.6 Å². The maximum atomic E-state index is 12.9. The van der Waals surface area contributed by atoms with Crippen molar-refractivity contribution >= 4 is 46.9 Å². The number of carbonyl (C=O) groups excluding carboxylic acids is 3. The number of nitrogens with zero attached hydrogens (tertiary/aromatic N) is 2. The molecule has 2 aromatic rings. The van der Waals surface area contributed by atoms with Gasteiger partial charge in [-0.1, -0.05) is 11.6 Å². The van der Waals surface area contributed by atoms with Crippen molar-refractivity contribution in [3.8, 4) is 11.5 Å². The highest BCUT2D eigenvalue weighted by Crippen LogP contribution is 2.39. The fourth-order valence-electron chi connectivity index (χ4n) is 2.86. The van der Waals surface area contributed by atoms with Gasteiger partial charge in [0.15, 0.2) is 11.5 Å². The molecule has 0 radical (unpaired) electrons. The van der Waals surface area contributed by atoms with Gasteiger partial charge in [0, 0.05) is 5.02 Å². The fraction of sp³-hybridized carbons (Fsp3) is 0.0556. The zero-order valence-corrected chi connectivity index (χ0v) is 15.1. The number of amides is 4. The number of benzene rings is 2. The van der Waals surface area contributed by atoms with Gasteiger partial charge < -0.3 is 9.47 Å². The number of nitro benzene ring substituents is 1. The van der Waals surface area contributed by atoms with Crippen molar-refractivity contribution in [3.05, 3.63) is 62.7 Å². The molecule has 0 unspecified atom stereocenters. The number of carbonyl (C=O) groups is 3. The van der Waals surface area contributed by atoms with Crippen LogP contribution in [-0.2, 0) is 9.59 Å². The van der Waals surface area contributed by atoms with Gasteiger partial charge >= 0.3 is 6.03 Å². The van der Waals surface area contributed by atoms with E-state index >= 15 is 0 Å². The largest absolute Gasteiger partial charge is 0.454 e. The van der Waals surface area contributed by atoms with Crippen molar-refractivity contribution in [2.75, 3.05) is 11.7 Å². The lowest BCUT2D eigenvalue weighted by Gasteiger charge is -2.26. The molecule has 0 atom stereocenters. The molecule has 0 aliphatic carbocycles. The maximum absolute atomic E-state index is 12.9. The summed E-state index contributed by atoms with van der Waals surface area (Å²) in [6.07, 6.45) is 1.03. The molecule has 0 bridgehead atoms. The first-order valence-corrected chi connectivity index (χ1v) is 8.48. The third kappa shape index (κ3) is 3.25. The van der Waals surface area contributed by atoms with Crippen molar-refractivity contribution in [3.63, 3.8) is 0 Å². The molecule has 146 valence electrons. The van der Waals surface area contributed by atoms with E-state index in [4.69, 9.17) is 21.1 Å². The van der Waals surface area contributed by atoms with E-state index in [1.807, 2.05) is 5.32 Å². The van der Waals surface area contributed by atoms with Gasteiger partial charge in [-0.05, 0) is 36.4 Å². The van der Waals surface area contributed by atoms with Crippen LogP contribution in [0.25, 0.3) is 6.08 Å². The van der Waals surface area contributed by atoms with E-state index in [-0.39, 0.29) is 29.5 Å². The molecule has 11 heteroatoms. The van der Waals surface area contributed by atoms with Gasteiger partial charge in [0.05, 0.1) is 22.2 Å². The number of nitro groups is 1. The summed E-state index contributed by atoms with van der Waals surface area (Å²) < 4.78 is 10.3. The molecule has 4 amide bonds. The summed E-state index contributed by atoms with van der Waals surface area (Å²) in [4.78, 5) is 48.8. The third-order valence-corrected chi connectivity index (χ3v) is 4.46. The average molecular weight is 416 g/mol. The first-order valence-electron chi connectivity index (χ1n) is 8.10. The van der Waals surface area contributed by atoms with Crippen LogP contribution in [0, 0.1) is 10.1 Å². The molecule has 2 aliphatic heterocycles. The summed E-state index contributed by atoms with van der Waals surface area (Å²) in [7, 11) is 0. The number of fused-ring (bicyclic) bond motifs is 1. The number of anilines is 1. The van der Waals surface area contributed by atoms with Crippen molar-refractivity contribution in [1.82, 2.24) is 5.32 Å². The number of hydrogen-bond acceptors (Lipinski definition) is 7. The van der Waals surface area contributed by atoms with Gasteiger partial charge in [-0.15, -0.1) is 0 Å². The molecule has 29 heavy (non-hydrogen) atoms. The summed E-state index contributed by atoms with van der Waals surface area (Å²) in [6, 6.07) is 7.28. The Bertz CT molecular complexity index is 1110. The Morgan fingerprint density at radius 3 is 2.41 bits per heavy atom. The minimum atomic E-state index is -0.975. The number of halogens is 1. The van der Waals surface area contributed by atoms with Crippen LogP contribution in [0.15, 0.2) is 42.0 Å². The molecule has 1 saturated heterocycles. The molecule has 2 heterocycles.